The summed E-state index contributed by atoms with van der Waals surface area (Å²) in [5.74, 6) is -0.525. The van der Waals surface area contributed by atoms with Crippen LogP contribution < -0.4 is 5.73 Å². The molecule has 1 aromatic carbocycles. The van der Waals surface area contributed by atoms with E-state index in [1.54, 1.807) is 6.20 Å². The predicted octanol–water partition coefficient (Wildman–Crippen LogP) is 1.63. The third-order valence-corrected chi connectivity index (χ3v) is 3.08. The number of rotatable bonds is 5. The Morgan fingerprint density at radius 1 is 1.37 bits per heavy atom. The second-order valence-corrected chi connectivity index (χ2v) is 4.33. The number of hydrogen-bond acceptors (Lipinski definition) is 4. The van der Waals surface area contributed by atoms with Crippen LogP contribution in [0.15, 0.2) is 30.5 Å². The molecule has 0 spiro atoms. The summed E-state index contributed by atoms with van der Waals surface area (Å²) >= 11 is 0. The maximum atomic E-state index is 12.2. The Kier molecular flexibility index (Phi) is 3.97. The second-order valence-electron chi connectivity index (χ2n) is 4.33. The average molecular weight is 260 g/mol. The number of nitrogens with two attached hydrogens (primary N) is 1. The second kappa shape index (κ2) is 5.67. The van der Waals surface area contributed by atoms with E-state index in [1.165, 1.54) is 7.11 Å². The molecular formula is C14H16N2O3. The van der Waals surface area contributed by atoms with Crippen LogP contribution in [0.5, 0.6) is 0 Å². The van der Waals surface area contributed by atoms with Gasteiger partial charge in [-0.15, -0.1) is 0 Å². The molecule has 0 radical (unpaired) electrons. The number of ketones is 1. The lowest BCUT2D eigenvalue weighted by Crippen LogP contribution is -2.31. The van der Waals surface area contributed by atoms with Gasteiger partial charge in [0, 0.05) is 29.1 Å². The zero-order valence-electron chi connectivity index (χ0n) is 10.7. The number of methoxy groups -OCH3 is 1. The molecule has 5 nitrogen and oxygen atoms in total. The van der Waals surface area contributed by atoms with Crippen molar-refractivity contribution in [2.24, 2.45) is 5.73 Å². The number of esters is 1. The van der Waals surface area contributed by atoms with Crippen LogP contribution in [-0.4, -0.2) is 29.9 Å². The van der Waals surface area contributed by atoms with Crippen LogP contribution in [0.1, 0.15) is 23.2 Å². The van der Waals surface area contributed by atoms with Gasteiger partial charge < -0.3 is 15.5 Å². The number of carbonyl (C=O) groups excluding carboxylic acids is 2. The number of nitrogens with one attached hydrogen (secondary N) is 1. The first-order chi connectivity index (χ1) is 9.13. The molecule has 1 aromatic heterocycles. The van der Waals surface area contributed by atoms with Crippen molar-refractivity contribution in [3.8, 4) is 0 Å². The van der Waals surface area contributed by atoms with Crippen LogP contribution in [0.25, 0.3) is 10.9 Å². The summed E-state index contributed by atoms with van der Waals surface area (Å²) in [4.78, 5) is 26.3. The van der Waals surface area contributed by atoms with E-state index in [4.69, 9.17) is 5.73 Å². The van der Waals surface area contributed by atoms with Crippen molar-refractivity contribution < 1.29 is 14.3 Å². The van der Waals surface area contributed by atoms with E-state index in [-0.39, 0.29) is 24.6 Å². The maximum absolute atomic E-state index is 12.2. The number of ether oxygens (including phenoxy) is 1. The number of hydrogen-bond donors (Lipinski definition) is 2. The van der Waals surface area contributed by atoms with Gasteiger partial charge in [-0.05, 0) is 12.5 Å². The topological polar surface area (TPSA) is 85.2 Å². The molecule has 1 unspecified atom stereocenters. The van der Waals surface area contributed by atoms with Gasteiger partial charge in [0.2, 0.25) is 0 Å². The summed E-state index contributed by atoms with van der Waals surface area (Å²) in [6, 6.07) is 6.83. The molecule has 0 aliphatic carbocycles. The van der Waals surface area contributed by atoms with E-state index in [0.717, 1.165) is 10.9 Å². The molecule has 19 heavy (non-hydrogen) atoms. The first-order valence-corrected chi connectivity index (χ1v) is 6.06. The number of Topliss-reactive ketones (excluding diaryl/α,β-unsaturated/α-hetero) is 1. The molecule has 1 atom stereocenters. The fourth-order valence-electron chi connectivity index (χ4n) is 1.98. The number of benzene rings is 1. The highest BCUT2D eigenvalue weighted by Crippen LogP contribution is 2.19. The standard InChI is InChI=1S/C14H16N2O3/c1-19-13(17)7-6-11(15)14(18)10-8-16-12-5-3-2-4-9(10)12/h2-5,8,11,16H,6-7,15H2,1H3. The molecule has 0 amide bonds. The fraction of sp³-hybridized carbons (Fsp3) is 0.286. The number of aromatic nitrogens is 1. The summed E-state index contributed by atoms with van der Waals surface area (Å²) in [7, 11) is 1.31. The lowest BCUT2D eigenvalue weighted by molar-refractivity contribution is -0.140. The van der Waals surface area contributed by atoms with Gasteiger partial charge in [-0.1, -0.05) is 18.2 Å². The average Bonchev–Trinajstić information content (AvgIpc) is 2.87. The van der Waals surface area contributed by atoms with Gasteiger partial charge >= 0.3 is 5.97 Å². The maximum Gasteiger partial charge on any atom is 0.305 e. The van der Waals surface area contributed by atoms with Crippen LogP contribution in [0.3, 0.4) is 0 Å². The quantitative estimate of drug-likeness (QED) is 0.632. The molecule has 100 valence electrons. The zero-order valence-corrected chi connectivity index (χ0v) is 10.7. The lowest BCUT2D eigenvalue weighted by Gasteiger charge is -2.08. The van der Waals surface area contributed by atoms with Gasteiger partial charge in [0.25, 0.3) is 0 Å². The molecule has 1 heterocycles. The van der Waals surface area contributed by atoms with Gasteiger partial charge in [-0.2, -0.15) is 0 Å². The van der Waals surface area contributed by atoms with Gasteiger partial charge in [0.05, 0.1) is 13.2 Å². The fourth-order valence-corrected chi connectivity index (χ4v) is 1.98. The zero-order chi connectivity index (χ0) is 13.8. The predicted molar refractivity (Wildman–Crippen MR) is 71.9 cm³/mol. The first-order valence-electron chi connectivity index (χ1n) is 6.06. The van der Waals surface area contributed by atoms with E-state index in [1.807, 2.05) is 24.3 Å². The molecule has 0 saturated heterocycles. The highest BCUT2D eigenvalue weighted by molar-refractivity contribution is 6.10. The molecule has 2 aromatic rings. The molecule has 2 rings (SSSR count). The molecular weight excluding hydrogens is 244 g/mol. The normalized spacial score (nSPS) is 12.3. The highest BCUT2D eigenvalue weighted by atomic mass is 16.5. The SMILES string of the molecule is COC(=O)CCC(N)C(=O)c1c[nH]c2ccccc12. The molecule has 3 N–H and O–H groups in total. The lowest BCUT2D eigenvalue weighted by atomic mass is 10.0. The molecule has 0 aliphatic rings. The van der Waals surface area contributed by atoms with Crippen molar-refractivity contribution in [2.75, 3.05) is 7.11 Å². The number of carbonyl (C=O) groups is 2. The van der Waals surface area contributed by atoms with E-state index < -0.39 is 6.04 Å². The number of fused-ring (bicyclic) bond motifs is 1. The summed E-state index contributed by atoms with van der Waals surface area (Å²) in [5, 5.41) is 0.848. The number of aromatic amines is 1. The van der Waals surface area contributed by atoms with Crippen LogP contribution in [0.2, 0.25) is 0 Å². The van der Waals surface area contributed by atoms with E-state index in [9.17, 15) is 9.59 Å². The Balaban J connectivity index is 2.13. The van der Waals surface area contributed by atoms with Crippen molar-refractivity contribution >= 4 is 22.7 Å². The van der Waals surface area contributed by atoms with Crippen molar-refractivity contribution in [2.45, 2.75) is 18.9 Å². The van der Waals surface area contributed by atoms with Crippen molar-refractivity contribution in [1.82, 2.24) is 4.98 Å². The molecule has 0 aliphatic heterocycles. The molecule has 0 bridgehead atoms. The summed E-state index contributed by atoms with van der Waals surface area (Å²) < 4.78 is 4.53. The van der Waals surface area contributed by atoms with E-state index in [0.29, 0.717) is 5.56 Å². The largest absolute Gasteiger partial charge is 0.469 e. The number of H-pyrrole nitrogens is 1. The van der Waals surface area contributed by atoms with Crippen molar-refractivity contribution in [3.63, 3.8) is 0 Å². The minimum atomic E-state index is -0.696. The Bertz CT molecular complexity index is 604. The minimum absolute atomic E-state index is 0.145. The summed E-state index contributed by atoms with van der Waals surface area (Å²) in [5.41, 5.74) is 7.29. The van der Waals surface area contributed by atoms with E-state index >= 15 is 0 Å². The third-order valence-electron chi connectivity index (χ3n) is 3.08. The molecule has 0 fully saturated rings. The van der Waals surface area contributed by atoms with E-state index in [2.05, 4.69) is 9.72 Å². The van der Waals surface area contributed by atoms with Crippen molar-refractivity contribution in [3.05, 3.63) is 36.0 Å². The monoisotopic (exact) mass is 260 g/mol. The van der Waals surface area contributed by atoms with Crippen LogP contribution in [0.4, 0.5) is 0 Å². The van der Waals surface area contributed by atoms with Crippen LogP contribution in [0, 0.1) is 0 Å². The molecule has 0 saturated carbocycles. The third kappa shape index (κ3) is 2.82. The number of para-hydroxylation sites is 1. The summed E-state index contributed by atoms with van der Waals surface area (Å²) in [6.45, 7) is 0. The Labute approximate surface area is 110 Å². The Morgan fingerprint density at radius 2 is 2.11 bits per heavy atom. The van der Waals surface area contributed by atoms with Gasteiger partial charge in [0.15, 0.2) is 5.78 Å². The van der Waals surface area contributed by atoms with Crippen molar-refractivity contribution in [1.29, 1.82) is 0 Å². The Hall–Kier alpha value is -2.14. The van der Waals surface area contributed by atoms with Gasteiger partial charge in [-0.3, -0.25) is 9.59 Å². The summed E-state index contributed by atoms with van der Waals surface area (Å²) in [6.07, 6.45) is 2.09. The first kappa shape index (κ1) is 13.3. The van der Waals surface area contributed by atoms with Crippen LogP contribution >= 0.6 is 0 Å². The smallest absolute Gasteiger partial charge is 0.305 e. The highest BCUT2D eigenvalue weighted by Gasteiger charge is 2.20. The van der Waals surface area contributed by atoms with Gasteiger partial charge in [0.1, 0.15) is 0 Å². The Morgan fingerprint density at radius 3 is 2.84 bits per heavy atom. The molecule has 5 heteroatoms. The van der Waals surface area contributed by atoms with Gasteiger partial charge in [-0.25, -0.2) is 0 Å². The van der Waals surface area contributed by atoms with Crippen LogP contribution in [-0.2, 0) is 9.53 Å². The minimum Gasteiger partial charge on any atom is -0.469 e.